The van der Waals surface area contributed by atoms with E-state index in [4.69, 9.17) is 0 Å². The van der Waals surface area contributed by atoms with E-state index in [2.05, 4.69) is 24.1 Å². The summed E-state index contributed by atoms with van der Waals surface area (Å²) in [5.74, 6) is -0.176. The van der Waals surface area contributed by atoms with E-state index in [0.717, 1.165) is 26.2 Å². The number of hydrogen-bond acceptors (Lipinski definition) is 2. The van der Waals surface area contributed by atoms with E-state index in [-0.39, 0.29) is 5.82 Å². The van der Waals surface area contributed by atoms with Crippen LogP contribution in [0.3, 0.4) is 0 Å². The zero-order valence-corrected chi connectivity index (χ0v) is 10.9. The summed E-state index contributed by atoms with van der Waals surface area (Å²) in [5.41, 5.74) is 0.598. The van der Waals surface area contributed by atoms with Crippen LogP contribution in [-0.4, -0.2) is 31.1 Å². The zero-order chi connectivity index (χ0) is 12.5. The Morgan fingerprint density at radius 1 is 1.06 bits per heavy atom. The SMILES string of the molecule is CCCN(CCC)CCNc1ccccc1F. The molecule has 0 spiro atoms. The molecule has 0 saturated carbocycles. The van der Waals surface area contributed by atoms with Crippen molar-refractivity contribution >= 4 is 5.69 Å². The van der Waals surface area contributed by atoms with Gasteiger partial charge in [0.1, 0.15) is 5.82 Å². The van der Waals surface area contributed by atoms with E-state index in [1.54, 1.807) is 12.1 Å². The van der Waals surface area contributed by atoms with Gasteiger partial charge in [0.05, 0.1) is 5.69 Å². The molecular formula is C14H23FN2. The first-order chi connectivity index (χ1) is 8.27. The molecule has 0 bridgehead atoms. The third-order valence-electron chi connectivity index (χ3n) is 2.70. The molecule has 0 radical (unpaired) electrons. The highest BCUT2D eigenvalue weighted by atomic mass is 19.1. The van der Waals surface area contributed by atoms with Crippen LogP contribution >= 0.6 is 0 Å². The van der Waals surface area contributed by atoms with Gasteiger partial charge in [-0.2, -0.15) is 0 Å². The van der Waals surface area contributed by atoms with Gasteiger partial charge in [0, 0.05) is 13.1 Å². The van der Waals surface area contributed by atoms with Crippen LogP contribution in [0.15, 0.2) is 24.3 Å². The predicted octanol–water partition coefficient (Wildman–Crippen LogP) is 3.36. The maximum Gasteiger partial charge on any atom is 0.146 e. The van der Waals surface area contributed by atoms with Crippen molar-refractivity contribution in [3.05, 3.63) is 30.1 Å². The Hall–Kier alpha value is -1.09. The Labute approximate surface area is 104 Å². The van der Waals surface area contributed by atoms with Crippen molar-refractivity contribution < 1.29 is 4.39 Å². The van der Waals surface area contributed by atoms with E-state index in [9.17, 15) is 4.39 Å². The minimum Gasteiger partial charge on any atom is -0.381 e. The van der Waals surface area contributed by atoms with Gasteiger partial charge >= 0.3 is 0 Å². The molecule has 1 N–H and O–H groups in total. The molecule has 0 aliphatic heterocycles. The minimum atomic E-state index is -0.176. The molecule has 0 unspecified atom stereocenters. The monoisotopic (exact) mass is 238 g/mol. The Balaban J connectivity index is 2.33. The topological polar surface area (TPSA) is 15.3 Å². The van der Waals surface area contributed by atoms with Crippen molar-refractivity contribution in [1.82, 2.24) is 4.90 Å². The van der Waals surface area contributed by atoms with Crippen LogP contribution in [0.25, 0.3) is 0 Å². The summed E-state index contributed by atoms with van der Waals surface area (Å²) in [6.07, 6.45) is 2.33. The number of para-hydroxylation sites is 1. The molecule has 0 aliphatic carbocycles. The van der Waals surface area contributed by atoms with Gasteiger partial charge in [-0.25, -0.2) is 4.39 Å². The Morgan fingerprint density at radius 2 is 1.71 bits per heavy atom. The molecule has 96 valence electrons. The quantitative estimate of drug-likeness (QED) is 0.747. The standard InChI is InChI=1S/C14H23FN2/c1-3-10-17(11-4-2)12-9-16-14-8-6-5-7-13(14)15/h5-8,16H,3-4,9-12H2,1-2H3. The number of hydrogen-bond donors (Lipinski definition) is 1. The molecule has 1 aromatic rings. The van der Waals surface area contributed by atoms with E-state index in [1.807, 2.05) is 6.07 Å². The van der Waals surface area contributed by atoms with Crippen molar-refractivity contribution in [1.29, 1.82) is 0 Å². The molecule has 0 atom stereocenters. The maximum atomic E-state index is 13.3. The number of benzene rings is 1. The lowest BCUT2D eigenvalue weighted by Gasteiger charge is -2.21. The molecular weight excluding hydrogens is 215 g/mol. The highest BCUT2D eigenvalue weighted by Crippen LogP contribution is 2.11. The zero-order valence-electron chi connectivity index (χ0n) is 10.9. The van der Waals surface area contributed by atoms with E-state index >= 15 is 0 Å². The van der Waals surface area contributed by atoms with Gasteiger partial charge in [0.25, 0.3) is 0 Å². The second kappa shape index (κ2) is 8.07. The summed E-state index contributed by atoms with van der Waals surface area (Å²) in [7, 11) is 0. The largest absolute Gasteiger partial charge is 0.381 e. The van der Waals surface area contributed by atoms with Gasteiger partial charge in [-0.3, -0.25) is 0 Å². The first-order valence-corrected chi connectivity index (χ1v) is 6.48. The number of rotatable bonds is 8. The number of nitrogens with zero attached hydrogens (tertiary/aromatic N) is 1. The van der Waals surface area contributed by atoms with Gasteiger partial charge in [-0.1, -0.05) is 26.0 Å². The molecule has 0 aromatic heterocycles. The summed E-state index contributed by atoms with van der Waals surface area (Å²) in [4.78, 5) is 2.41. The van der Waals surface area contributed by atoms with Gasteiger partial charge in [-0.15, -0.1) is 0 Å². The number of anilines is 1. The van der Waals surface area contributed by atoms with Crippen LogP contribution in [0.4, 0.5) is 10.1 Å². The first kappa shape index (κ1) is 14.0. The smallest absolute Gasteiger partial charge is 0.146 e. The van der Waals surface area contributed by atoms with Gasteiger partial charge in [0.2, 0.25) is 0 Å². The average Bonchev–Trinajstić information content (AvgIpc) is 2.32. The number of halogens is 1. The van der Waals surface area contributed by atoms with Gasteiger partial charge in [0.15, 0.2) is 0 Å². The van der Waals surface area contributed by atoms with Crippen molar-refractivity contribution in [2.75, 3.05) is 31.5 Å². The van der Waals surface area contributed by atoms with Crippen molar-refractivity contribution in [2.45, 2.75) is 26.7 Å². The molecule has 1 rings (SSSR count). The molecule has 0 aliphatic rings. The molecule has 0 heterocycles. The van der Waals surface area contributed by atoms with Gasteiger partial charge in [-0.05, 0) is 38.1 Å². The lowest BCUT2D eigenvalue weighted by atomic mass is 10.3. The Bertz CT molecular complexity index is 309. The third-order valence-corrected chi connectivity index (χ3v) is 2.70. The van der Waals surface area contributed by atoms with E-state index < -0.39 is 0 Å². The molecule has 0 saturated heterocycles. The van der Waals surface area contributed by atoms with Crippen molar-refractivity contribution in [3.63, 3.8) is 0 Å². The summed E-state index contributed by atoms with van der Waals surface area (Å²) in [6.45, 7) is 8.37. The Morgan fingerprint density at radius 3 is 2.29 bits per heavy atom. The van der Waals surface area contributed by atoms with Crippen LogP contribution in [0, 0.1) is 5.82 Å². The summed E-state index contributed by atoms with van der Waals surface area (Å²) in [5, 5.41) is 3.14. The second-order valence-corrected chi connectivity index (χ2v) is 4.25. The molecule has 1 aromatic carbocycles. The van der Waals surface area contributed by atoms with Crippen LogP contribution < -0.4 is 5.32 Å². The van der Waals surface area contributed by atoms with Crippen LogP contribution in [0.2, 0.25) is 0 Å². The second-order valence-electron chi connectivity index (χ2n) is 4.25. The third kappa shape index (κ3) is 5.18. The first-order valence-electron chi connectivity index (χ1n) is 6.48. The van der Waals surface area contributed by atoms with Crippen molar-refractivity contribution in [3.8, 4) is 0 Å². The van der Waals surface area contributed by atoms with Crippen molar-refractivity contribution in [2.24, 2.45) is 0 Å². The lowest BCUT2D eigenvalue weighted by Crippen LogP contribution is -2.30. The normalized spacial score (nSPS) is 10.8. The molecule has 17 heavy (non-hydrogen) atoms. The summed E-state index contributed by atoms with van der Waals surface area (Å²) >= 11 is 0. The summed E-state index contributed by atoms with van der Waals surface area (Å²) < 4.78 is 13.3. The summed E-state index contributed by atoms with van der Waals surface area (Å²) in [6, 6.07) is 6.82. The maximum absolute atomic E-state index is 13.3. The molecule has 0 amide bonds. The van der Waals surface area contributed by atoms with Crippen LogP contribution in [0.1, 0.15) is 26.7 Å². The van der Waals surface area contributed by atoms with Crippen LogP contribution in [0.5, 0.6) is 0 Å². The minimum absolute atomic E-state index is 0.176. The fourth-order valence-electron chi connectivity index (χ4n) is 1.92. The molecule has 3 heteroatoms. The van der Waals surface area contributed by atoms with E-state index in [0.29, 0.717) is 5.69 Å². The highest BCUT2D eigenvalue weighted by Gasteiger charge is 2.03. The average molecular weight is 238 g/mol. The lowest BCUT2D eigenvalue weighted by molar-refractivity contribution is 0.285. The predicted molar refractivity (Wildman–Crippen MR) is 71.9 cm³/mol. The van der Waals surface area contributed by atoms with Gasteiger partial charge < -0.3 is 10.2 Å². The fourth-order valence-corrected chi connectivity index (χ4v) is 1.92. The van der Waals surface area contributed by atoms with E-state index in [1.165, 1.54) is 18.9 Å². The fraction of sp³-hybridized carbons (Fsp3) is 0.571. The molecule has 2 nitrogen and oxygen atoms in total. The number of nitrogens with one attached hydrogen (secondary N) is 1. The highest BCUT2D eigenvalue weighted by molar-refractivity contribution is 5.44. The molecule has 0 fully saturated rings. The Kier molecular flexibility index (Phi) is 6.63. The van der Waals surface area contributed by atoms with Crippen LogP contribution in [-0.2, 0) is 0 Å².